The maximum Gasteiger partial charge on any atom is 0.261 e. The highest BCUT2D eigenvalue weighted by molar-refractivity contribution is 4.96. The normalized spacial score (nSPS) is 20.5. The molecule has 102 valence electrons. The third-order valence-electron chi connectivity index (χ3n) is 2.84. The van der Waals surface area contributed by atoms with Gasteiger partial charge in [-0.1, -0.05) is 5.16 Å². The minimum Gasteiger partial charge on any atom is -0.375 e. The van der Waals surface area contributed by atoms with Crippen LogP contribution in [0.3, 0.4) is 0 Å². The number of nitrogens with zero attached hydrogens (tertiary/aromatic N) is 2. The van der Waals surface area contributed by atoms with Gasteiger partial charge in [-0.2, -0.15) is 4.98 Å². The van der Waals surface area contributed by atoms with Crippen molar-refractivity contribution in [3.8, 4) is 0 Å². The molecular weight excluding hydrogens is 244 g/mol. The van der Waals surface area contributed by atoms with Crippen LogP contribution in [0.5, 0.6) is 0 Å². The van der Waals surface area contributed by atoms with E-state index in [0.29, 0.717) is 18.1 Å². The summed E-state index contributed by atoms with van der Waals surface area (Å²) < 4.78 is 33.6. The SMILES string of the molecule is FC(F)COCCc1noc([C@H]2CCCNC2)n1. The van der Waals surface area contributed by atoms with E-state index in [-0.39, 0.29) is 12.5 Å². The van der Waals surface area contributed by atoms with Crippen molar-refractivity contribution in [2.24, 2.45) is 0 Å². The smallest absolute Gasteiger partial charge is 0.261 e. The van der Waals surface area contributed by atoms with Crippen LogP contribution in [0.25, 0.3) is 0 Å². The summed E-state index contributed by atoms with van der Waals surface area (Å²) in [5.41, 5.74) is 0. The van der Waals surface area contributed by atoms with Crippen LogP contribution in [0.15, 0.2) is 4.52 Å². The van der Waals surface area contributed by atoms with E-state index in [1.54, 1.807) is 0 Å². The Balaban J connectivity index is 1.75. The van der Waals surface area contributed by atoms with Gasteiger partial charge < -0.3 is 14.6 Å². The van der Waals surface area contributed by atoms with E-state index >= 15 is 0 Å². The fourth-order valence-electron chi connectivity index (χ4n) is 1.93. The van der Waals surface area contributed by atoms with Crippen LogP contribution < -0.4 is 5.32 Å². The first-order chi connectivity index (χ1) is 8.75. The molecule has 1 aliphatic rings. The zero-order chi connectivity index (χ0) is 12.8. The molecule has 1 fully saturated rings. The van der Waals surface area contributed by atoms with Gasteiger partial charge in [-0.3, -0.25) is 0 Å². The van der Waals surface area contributed by atoms with Gasteiger partial charge in [0.2, 0.25) is 5.89 Å². The maximum absolute atomic E-state index is 11.8. The number of ether oxygens (including phenoxy) is 1. The van der Waals surface area contributed by atoms with Crippen LogP contribution in [0, 0.1) is 0 Å². The molecule has 0 bridgehead atoms. The van der Waals surface area contributed by atoms with E-state index in [1.807, 2.05) is 0 Å². The van der Waals surface area contributed by atoms with Crippen molar-refractivity contribution in [1.82, 2.24) is 15.5 Å². The van der Waals surface area contributed by atoms with E-state index < -0.39 is 13.0 Å². The molecule has 0 aromatic carbocycles. The van der Waals surface area contributed by atoms with Gasteiger partial charge in [-0.05, 0) is 19.4 Å². The molecular formula is C11H17F2N3O2. The van der Waals surface area contributed by atoms with Gasteiger partial charge >= 0.3 is 0 Å². The van der Waals surface area contributed by atoms with Crippen molar-refractivity contribution < 1.29 is 18.0 Å². The fourth-order valence-corrected chi connectivity index (χ4v) is 1.93. The van der Waals surface area contributed by atoms with E-state index in [4.69, 9.17) is 9.26 Å². The Morgan fingerprint density at radius 1 is 1.50 bits per heavy atom. The minimum atomic E-state index is -2.43. The molecule has 2 rings (SSSR count). The molecule has 18 heavy (non-hydrogen) atoms. The summed E-state index contributed by atoms with van der Waals surface area (Å²) in [7, 11) is 0. The average molecular weight is 261 g/mol. The second-order valence-corrected chi connectivity index (χ2v) is 4.31. The predicted molar refractivity (Wildman–Crippen MR) is 59.7 cm³/mol. The van der Waals surface area contributed by atoms with Gasteiger partial charge in [0.05, 0.1) is 12.5 Å². The molecule has 1 aliphatic heterocycles. The molecule has 0 aliphatic carbocycles. The standard InChI is InChI=1S/C11H17F2N3O2/c12-9(13)7-17-5-3-10-15-11(18-16-10)8-2-1-4-14-6-8/h8-9,14H,1-7H2/t8-/m0/s1. The van der Waals surface area contributed by atoms with Gasteiger partial charge in [0, 0.05) is 13.0 Å². The monoisotopic (exact) mass is 261 g/mol. The Morgan fingerprint density at radius 3 is 3.11 bits per heavy atom. The van der Waals surface area contributed by atoms with Crippen molar-refractivity contribution in [3.63, 3.8) is 0 Å². The van der Waals surface area contributed by atoms with Gasteiger partial charge in [0.25, 0.3) is 6.43 Å². The van der Waals surface area contributed by atoms with E-state index in [2.05, 4.69) is 15.5 Å². The fraction of sp³-hybridized carbons (Fsp3) is 0.818. The van der Waals surface area contributed by atoms with E-state index in [1.165, 1.54) is 0 Å². The first kappa shape index (κ1) is 13.4. The quantitative estimate of drug-likeness (QED) is 0.783. The van der Waals surface area contributed by atoms with Crippen molar-refractivity contribution in [1.29, 1.82) is 0 Å². The number of hydrogen-bond acceptors (Lipinski definition) is 5. The summed E-state index contributed by atoms with van der Waals surface area (Å²) in [6.45, 7) is 1.52. The Labute approximate surface area is 104 Å². The topological polar surface area (TPSA) is 60.2 Å². The van der Waals surface area contributed by atoms with Crippen LogP contribution in [0.2, 0.25) is 0 Å². The number of hydrogen-bond donors (Lipinski definition) is 1. The van der Waals surface area contributed by atoms with Crippen LogP contribution in [-0.4, -0.2) is 42.9 Å². The molecule has 7 heteroatoms. The Bertz CT molecular complexity index is 354. The lowest BCUT2D eigenvalue weighted by Gasteiger charge is -2.18. The predicted octanol–water partition coefficient (Wildman–Crippen LogP) is 1.36. The van der Waals surface area contributed by atoms with Crippen LogP contribution in [-0.2, 0) is 11.2 Å². The number of aromatic nitrogens is 2. The lowest BCUT2D eigenvalue weighted by atomic mass is 10.00. The molecule has 1 atom stereocenters. The van der Waals surface area contributed by atoms with Crippen LogP contribution in [0.1, 0.15) is 30.5 Å². The highest BCUT2D eigenvalue weighted by Crippen LogP contribution is 2.21. The molecule has 1 aromatic rings. The molecule has 1 aromatic heterocycles. The molecule has 5 nitrogen and oxygen atoms in total. The first-order valence-electron chi connectivity index (χ1n) is 6.15. The van der Waals surface area contributed by atoms with Gasteiger partial charge in [-0.15, -0.1) is 0 Å². The number of alkyl halides is 2. The van der Waals surface area contributed by atoms with E-state index in [0.717, 1.165) is 25.9 Å². The third kappa shape index (κ3) is 3.99. The second-order valence-electron chi connectivity index (χ2n) is 4.31. The summed E-state index contributed by atoms with van der Waals surface area (Å²) in [4.78, 5) is 4.27. The third-order valence-corrected chi connectivity index (χ3v) is 2.84. The van der Waals surface area contributed by atoms with Crippen LogP contribution in [0.4, 0.5) is 8.78 Å². The molecule has 0 spiro atoms. The summed E-state index contributed by atoms with van der Waals surface area (Å²) in [6.07, 6.45) is 0.103. The molecule has 1 N–H and O–H groups in total. The Morgan fingerprint density at radius 2 is 2.39 bits per heavy atom. The van der Waals surface area contributed by atoms with Crippen molar-refractivity contribution in [2.45, 2.75) is 31.6 Å². The maximum atomic E-state index is 11.8. The molecule has 0 amide bonds. The van der Waals surface area contributed by atoms with Gasteiger partial charge in [-0.25, -0.2) is 8.78 Å². The summed E-state index contributed by atoms with van der Waals surface area (Å²) in [6, 6.07) is 0. The van der Waals surface area contributed by atoms with Crippen molar-refractivity contribution in [2.75, 3.05) is 26.3 Å². The summed E-state index contributed by atoms with van der Waals surface area (Å²) in [5.74, 6) is 1.41. The zero-order valence-electron chi connectivity index (χ0n) is 10.1. The molecule has 0 saturated carbocycles. The number of piperidine rings is 1. The molecule has 0 radical (unpaired) electrons. The highest BCUT2D eigenvalue weighted by Gasteiger charge is 2.21. The zero-order valence-corrected chi connectivity index (χ0v) is 10.1. The highest BCUT2D eigenvalue weighted by atomic mass is 19.3. The molecule has 0 unspecified atom stereocenters. The van der Waals surface area contributed by atoms with Crippen LogP contribution >= 0.6 is 0 Å². The Kier molecular flexibility index (Phi) is 5.00. The van der Waals surface area contributed by atoms with Gasteiger partial charge in [0.1, 0.15) is 6.61 Å². The first-order valence-corrected chi connectivity index (χ1v) is 6.15. The molecule has 2 heterocycles. The summed E-state index contributed by atoms with van der Waals surface area (Å²) >= 11 is 0. The molecule has 1 saturated heterocycles. The lowest BCUT2D eigenvalue weighted by Crippen LogP contribution is -2.28. The number of rotatable bonds is 6. The largest absolute Gasteiger partial charge is 0.375 e. The van der Waals surface area contributed by atoms with E-state index in [9.17, 15) is 8.78 Å². The number of halogens is 2. The second kappa shape index (κ2) is 6.75. The van der Waals surface area contributed by atoms with Gasteiger partial charge in [0.15, 0.2) is 5.82 Å². The average Bonchev–Trinajstić information content (AvgIpc) is 2.84. The number of nitrogens with one attached hydrogen (secondary N) is 1. The lowest BCUT2D eigenvalue weighted by molar-refractivity contribution is 0.0182. The van der Waals surface area contributed by atoms with Crippen molar-refractivity contribution >= 4 is 0 Å². The van der Waals surface area contributed by atoms with Crippen molar-refractivity contribution in [3.05, 3.63) is 11.7 Å². The summed E-state index contributed by atoms with van der Waals surface area (Å²) in [5, 5.41) is 7.10. The minimum absolute atomic E-state index is 0.187. The Hall–Kier alpha value is -1.08.